The molecule has 0 saturated carbocycles. The molecule has 1 aliphatic carbocycles. The van der Waals surface area contributed by atoms with E-state index in [2.05, 4.69) is 59.6 Å². The number of piperazine rings is 1. The van der Waals surface area contributed by atoms with Gasteiger partial charge in [-0.15, -0.1) is 0 Å². The monoisotopic (exact) mass is 363 g/mol. The van der Waals surface area contributed by atoms with E-state index in [9.17, 15) is 4.79 Å². The van der Waals surface area contributed by atoms with Gasteiger partial charge < -0.3 is 15.1 Å². The number of carbonyl (C=O) groups excluding carboxylic acids is 1. The van der Waals surface area contributed by atoms with Crippen LogP contribution in [-0.2, 0) is 12.8 Å². The van der Waals surface area contributed by atoms with E-state index in [1.54, 1.807) is 0 Å². The molecule has 1 atom stereocenters. The Morgan fingerprint density at radius 1 is 0.926 bits per heavy atom. The van der Waals surface area contributed by atoms with Gasteiger partial charge in [-0.3, -0.25) is 0 Å². The van der Waals surface area contributed by atoms with Crippen LogP contribution in [0, 0.1) is 0 Å². The fraction of sp³-hybridized carbons (Fsp3) is 0.435. The van der Waals surface area contributed by atoms with E-state index in [0.717, 1.165) is 26.2 Å². The van der Waals surface area contributed by atoms with Gasteiger partial charge in [0.15, 0.2) is 0 Å². The molecule has 4 nitrogen and oxygen atoms in total. The van der Waals surface area contributed by atoms with Crippen molar-refractivity contribution in [2.24, 2.45) is 0 Å². The van der Waals surface area contributed by atoms with Crippen LogP contribution in [0.2, 0.25) is 0 Å². The highest BCUT2D eigenvalue weighted by Gasteiger charge is 2.23. The first kappa shape index (κ1) is 17.9. The van der Waals surface area contributed by atoms with Crippen molar-refractivity contribution >= 4 is 11.7 Å². The summed E-state index contributed by atoms with van der Waals surface area (Å²) in [5, 5.41) is 3.20. The summed E-state index contributed by atoms with van der Waals surface area (Å²) in [6.07, 6.45) is 4.95. The molecule has 4 rings (SSSR count). The normalized spacial score (nSPS) is 18.0. The number of nitrogens with one attached hydrogen (secondary N) is 1. The fourth-order valence-corrected chi connectivity index (χ4v) is 4.19. The third-order valence-electron chi connectivity index (χ3n) is 5.90. The summed E-state index contributed by atoms with van der Waals surface area (Å²) in [5.74, 6) is 0. The molecule has 0 radical (unpaired) electrons. The molecule has 1 saturated heterocycles. The number of rotatable bonds is 3. The number of urea groups is 1. The van der Waals surface area contributed by atoms with Crippen LogP contribution >= 0.6 is 0 Å². The molecule has 142 valence electrons. The van der Waals surface area contributed by atoms with E-state index in [4.69, 9.17) is 0 Å². The third-order valence-corrected chi connectivity index (χ3v) is 5.90. The molecule has 0 aromatic heterocycles. The van der Waals surface area contributed by atoms with Gasteiger partial charge in [0.1, 0.15) is 0 Å². The van der Waals surface area contributed by atoms with Crippen molar-refractivity contribution in [2.45, 2.75) is 38.6 Å². The Morgan fingerprint density at radius 2 is 1.63 bits per heavy atom. The zero-order valence-corrected chi connectivity index (χ0v) is 16.2. The van der Waals surface area contributed by atoms with Crippen LogP contribution in [0.15, 0.2) is 48.5 Å². The van der Waals surface area contributed by atoms with Gasteiger partial charge in [-0.1, -0.05) is 36.4 Å². The van der Waals surface area contributed by atoms with Crippen LogP contribution in [0.3, 0.4) is 0 Å². The molecule has 2 aromatic rings. The number of fused-ring (bicyclic) bond motifs is 1. The fourth-order valence-electron chi connectivity index (χ4n) is 4.19. The molecule has 27 heavy (non-hydrogen) atoms. The van der Waals surface area contributed by atoms with E-state index in [-0.39, 0.29) is 12.1 Å². The lowest BCUT2D eigenvalue weighted by Crippen LogP contribution is -2.52. The Morgan fingerprint density at radius 3 is 2.37 bits per heavy atom. The number of amides is 2. The van der Waals surface area contributed by atoms with Crippen LogP contribution in [0.1, 0.15) is 42.5 Å². The van der Waals surface area contributed by atoms with E-state index in [1.165, 1.54) is 48.1 Å². The molecule has 1 heterocycles. The molecule has 4 heteroatoms. The highest BCUT2D eigenvalue weighted by atomic mass is 16.2. The van der Waals surface area contributed by atoms with Crippen LogP contribution in [0.4, 0.5) is 10.5 Å². The first-order chi connectivity index (χ1) is 13.2. The summed E-state index contributed by atoms with van der Waals surface area (Å²) in [5.41, 5.74) is 5.41. The number of aryl methyl sites for hydroxylation is 2. The van der Waals surface area contributed by atoms with Crippen molar-refractivity contribution in [2.75, 3.05) is 31.1 Å². The van der Waals surface area contributed by atoms with Crippen LogP contribution in [-0.4, -0.2) is 37.1 Å². The molecule has 2 amide bonds. The summed E-state index contributed by atoms with van der Waals surface area (Å²) in [6.45, 7) is 5.37. The Labute approximate surface area is 162 Å². The number of carbonyl (C=O) groups is 1. The van der Waals surface area contributed by atoms with Crippen molar-refractivity contribution in [3.63, 3.8) is 0 Å². The van der Waals surface area contributed by atoms with Crippen molar-refractivity contribution in [3.8, 4) is 0 Å². The number of benzene rings is 2. The highest BCUT2D eigenvalue weighted by molar-refractivity contribution is 5.75. The quantitative estimate of drug-likeness (QED) is 0.889. The first-order valence-electron chi connectivity index (χ1n) is 10.2. The van der Waals surface area contributed by atoms with Gasteiger partial charge in [-0.05, 0) is 61.4 Å². The predicted molar refractivity (Wildman–Crippen MR) is 110 cm³/mol. The standard InChI is InChI=1S/C23H29N3O/c1-18(20-12-11-19-7-5-6-8-21(19)17-20)24-23(27)26-15-13-25(14-16-26)22-9-3-2-4-10-22/h2-4,9-12,17-18H,5-8,13-16H2,1H3,(H,24,27). The van der Waals surface area contributed by atoms with E-state index >= 15 is 0 Å². The van der Waals surface area contributed by atoms with Gasteiger partial charge in [-0.2, -0.15) is 0 Å². The molecule has 0 spiro atoms. The zero-order chi connectivity index (χ0) is 18.6. The van der Waals surface area contributed by atoms with Gasteiger partial charge in [0.2, 0.25) is 0 Å². The Bertz CT molecular complexity index is 781. The van der Waals surface area contributed by atoms with Gasteiger partial charge in [0.05, 0.1) is 6.04 Å². The molecule has 1 aliphatic heterocycles. The zero-order valence-electron chi connectivity index (χ0n) is 16.2. The molecule has 1 fully saturated rings. The van der Waals surface area contributed by atoms with Gasteiger partial charge in [0.25, 0.3) is 0 Å². The lowest BCUT2D eigenvalue weighted by molar-refractivity contribution is 0.191. The minimum absolute atomic E-state index is 0.0388. The lowest BCUT2D eigenvalue weighted by Gasteiger charge is -2.36. The predicted octanol–water partition coefficient (Wildman–Crippen LogP) is 4.16. The molecule has 2 aromatic carbocycles. The second kappa shape index (κ2) is 8.03. The Balaban J connectivity index is 1.33. The second-order valence-electron chi connectivity index (χ2n) is 7.72. The summed E-state index contributed by atoms with van der Waals surface area (Å²) < 4.78 is 0. The lowest BCUT2D eigenvalue weighted by atomic mass is 9.89. The van der Waals surface area contributed by atoms with Gasteiger partial charge in [-0.25, -0.2) is 4.79 Å². The topological polar surface area (TPSA) is 35.6 Å². The van der Waals surface area contributed by atoms with E-state index < -0.39 is 0 Å². The summed E-state index contributed by atoms with van der Waals surface area (Å²) >= 11 is 0. The minimum atomic E-state index is 0.0388. The maximum atomic E-state index is 12.7. The molecule has 2 aliphatic rings. The average Bonchev–Trinajstić information content (AvgIpc) is 2.74. The van der Waals surface area contributed by atoms with E-state index in [1.807, 2.05) is 11.0 Å². The maximum absolute atomic E-state index is 12.7. The number of anilines is 1. The average molecular weight is 364 g/mol. The molecular formula is C23H29N3O. The molecular weight excluding hydrogens is 334 g/mol. The van der Waals surface area contributed by atoms with E-state index in [0.29, 0.717) is 0 Å². The third kappa shape index (κ3) is 4.10. The first-order valence-corrected chi connectivity index (χ1v) is 10.2. The van der Waals surface area contributed by atoms with Crippen LogP contribution < -0.4 is 10.2 Å². The number of nitrogens with zero attached hydrogens (tertiary/aromatic N) is 2. The number of para-hydroxylation sites is 1. The van der Waals surface area contributed by atoms with Crippen molar-refractivity contribution in [3.05, 3.63) is 65.2 Å². The molecule has 1 unspecified atom stereocenters. The van der Waals surface area contributed by atoms with Crippen molar-refractivity contribution in [1.29, 1.82) is 0 Å². The minimum Gasteiger partial charge on any atom is -0.368 e. The second-order valence-corrected chi connectivity index (χ2v) is 7.72. The van der Waals surface area contributed by atoms with Gasteiger partial charge >= 0.3 is 6.03 Å². The molecule has 0 bridgehead atoms. The number of hydrogen-bond acceptors (Lipinski definition) is 2. The van der Waals surface area contributed by atoms with Crippen LogP contribution in [0.5, 0.6) is 0 Å². The highest BCUT2D eigenvalue weighted by Crippen LogP contribution is 2.25. The maximum Gasteiger partial charge on any atom is 0.317 e. The summed E-state index contributed by atoms with van der Waals surface area (Å²) in [4.78, 5) is 17.0. The van der Waals surface area contributed by atoms with Gasteiger partial charge in [0, 0.05) is 31.9 Å². The smallest absolute Gasteiger partial charge is 0.317 e. The SMILES string of the molecule is CC(NC(=O)N1CCN(c2ccccc2)CC1)c1ccc2c(c1)CCCC2. The Hall–Kier alpha value is -2.49. The Kier molecular flexibility index (Phi) is 5.33. The summed E-state index contributed by atoms with van der Waals surface area (Å²) in [6, 6.07) is 17.3. The van der Waals surface area contributed by atoms with Crippen LogP contribution in [0.25, 0.3) is 0 Å². The largest absolute Gasteiger partial charge is 0.368 e. The number of hydrogen-bond donors (Lipinski definition) is 1. The summed E-state index contributed by atoms with van der Waals surface area (Å²) in [7, 11) is 0. The molecule has 1 N–H and O–H groups in total. The van der Waals surface area contributed by atoms with Crippen molar-refractivity contribution < 1.29 is 4.79 Å². The van der Waals surface area contributed by atoms with Crippen molar-refractivity contribution in [1.82, 2.24) is 10.2 Å².